The van der Waals surface area contributed by atoms with Gasteiger partial charge < -0.3 is 10.6 Å². The van der Waals surface area contributed by atoms with Gasteiger partial charge in [-0.05, 0) is 31.2 Å². The highest BCUT2D eigenvalue weighted by molar-refractivity contribution is 7.07. The quantitative estimate of drug-likeness (QED) is 0.822. The summed E-state index contributed by atoms with van der Waals surface area (Å²) in [5, 5.41) is 6.52. The number of hydrogen-bond acceptors (Lipinski definition) is 4. The second-order valence-electron chi connectivity index (χ2n) is 4.67. The first-order valence-electron chi connectivity index (χ1n) is 6.58. The van der Waals surface area contributed by atoms with Crippen molar-refractivity contribution in [1.82, 2.24) is 4.57 Å². The number of hydrogen-bond donors (Lipinski definition) is 2. The van der Waals surface area contributed by atoms with Gasteiger partial charge in [0.05, 0.1) is 5.69 Å². The number of carbonyl (C=O) groups excluding carboxylic acids is 2. The van der Waals surface area contributed by atoms with Crippen LogP contribution in [0.2, 0.25) is 0 Å². The van der Waals surface area contributed by atoms with E-state index >= 15 is 0 Å². The largest absolute Gasteiger partial charge is 0.324 e. The predicted molar refractivity (Wildman–Crippen MR) is 87.2 cm³/mol. The van der Waals surface area contributed by atoms with E-state index in [0.717, 1.165) is 23.5 Å². The van der Waals surface area contributed by atoms with E-state index in [9.17, 15) is 18.8 Å². The lowest BCUT2D eigenvalue weighted by molar-refractivity contribution is -0.116. The molecule has 1 aromatic carbocycles. The molecule has 0 atom stereocenters. The molecule has 1 aromatic heterocycles. The van der Waals surface area contributed by atoms with Crippen molar-refractivity contribution in [2.24, 2.45) is 0 Å². The third kappa shape index (κ3) is 4.13. The van der Waals surface area contributed by atoms with Crippen LogP contribution < -0.4 is 15.5 Å². The zero-order chi connectivity index (χ0) is 17.0. The van der Waals surface area contributed by atoms with Gasteiger partial charge in [0, 0.05) is 16.8 Å². The van der Waals surface area contributed by atoms with Crippen molar-refractivity contribution >= 4 is 34.5 Å². The number of aryl methyl sites for hydroxylation is 1. The van der Waals surface area contributed by atoms with Crippen LogP contribution in [-0.2, 0) is 16.1 Å². The van der Waals surface area contributed by atoms with Crippen LogP contribution in [0.15, 0.2) is 41.0 Å². The maximum atomic E-state index is 13.6. The lowest BCUT2D eigenvalue weighted by Gasteiger charge is -2.09. The van der Waals surface area contributed by atoms with Gasteiger partial charge in [0.2, 0.25) is 11.8 Å². The highest BCUT2D eigenvalue weighted by Crippen LogP contribution is 2.19. The lowest BCUT2D eigenvalue weighted by Crippen LogP contribution is -2.25. The van der Waals surface area contributed by atoms with Gasteiger partial charge in [-0.25, -0.2) is 4.39 Å². The van der Waals surface area contributed by atoms with Crippen molar-refractivity contribution in [3.05, 3.63) is 57.4 Å². The summed E-state index contributed by atoms with van der Waals surface area (Å²) in [6.45, 7) is 4.87. The number of halogens is 1. The molecule has 0 saturated carbocycles. The minimum Gasteiger partial charge on any atom is -0.324 e. The van der Waals surface area contributed by atoms with Crippen molar-refractivity contribution in [2.75, 3.05) is 10.6 Å². The van der Waals surface area contributed by atoms with Crippen LogP contribution in [-0.4, -0.2) is 16.4 Å². The Kier molecular flexibility index (Phi) is 5.07. The molecule has 0 spiro atoms. The van der Waals surface area contributed by atoms with Gasteiger partial charge in [0.15, 0.2) is 0 Å². The molecule has 0 saturated heterocycles. The number of aromatic nitrogens is 1. The fourth-order valence-corrected chi connectivity index (χ4v) is 2.56. The molecular weight excluding hydrogens is 321 g/mol. The Labute approximate surface area is 135 Å². The molecule has 2 amide bonds. The van der Waals surface area contributed by atoms with E-state index < -0.39 is 17.6 Å². The standard InChI is InChI=1S/C15H14FN3O3S/c1-3-13(20)18-12-6-10(4-5-11(12)16)17-14(21)7-19-9(2)8-23-15(19)22/h3-6,8H,1,7H2,2H3,(H,17,21)(H,18,20). The van der Waals surface area contributed by atoms with Gasteiger partial charge >= 0.3 is 4.87 Å². The molecule has 0 aliphatic heterocycles. The zero-order valence-corrected chi connectivity index (χ0v) is 13.1. The van der Waals surface area contributed by atoms with Crippen molar-refractivity contribution in [3.8, 4) is 0 Å². The first-order valence-corrected chi connectivity index (χ1v) is 7.46. The minimum atomic E-state index is -0.636. The molecule has 0 bridgehead atoms. The molecule has 0 aliphatic rings. The summed E-state index contributed by atoms with van der Waals surface area (Å²) in [5.74, 6) is -1.63. The van der Waals surface area contributed by atoms with Gasteiger partial charge in [0.25, 0.3) is 0 Å². The van der Waals surface area contributed by atoms with Gasteiger partial charge in [0.1, 0.15) is 12.4 Å². The molecule has 0 fully saturated rings. The van der Waals surface area contributed by atoms with E-state index in [-0.39, 0.29) is 17.1 Å². The summed E-state index contributed by atoms with van der Waals surface area (Å²) in [6, 6.07) is 3.77. The van der Waals surface area contributed by atoms with E-state index in [0.29, 0.717) is 11.4 Å². The Hall–Kier alpha value is -2.74. The molecule has 0 aliphatic carbocycles. The van der Waals surface area contributed by atoms with Crippen molar-refractivity contribution in [1.29, 1.82) is 0 Å². The second kappa shape index (κ2) is 7.01. The fourth-order valence-electron chi connectivity index (χ4n) is 1.82. The molecule has 1 heterocycles. The number of nitrogens with one attached hydrogen (secondary N) is 2. The third-order valence-electron chi connectivity index (χ3n) is 2.97. The average Bonchev–Trinajstić information content (AvgIpc) is 2.82. The zero-order valence-electron chi connectivity index (χ0n) is 12.3. The van der Waals surface area contributed by atoms with Crippen molar-refractivity contribution in [3.63, 3.8) is 0 Å². The number of amides is 2. The highest BCUT2D eigenvalue weighted by Gasteiger charge is 2.11. The number of anilines is 2. The normalized spacial score (nSPS) is 10.2. The van der Waals surface area contributed by atoms with E-state index in [4.69, 9.17) is 0 Å². The summed E-state index contributed by atoms with van der Waals surface area (Å²) in [5.41, 5.74) is 0.918. The monoisotopic (exact) mass is 335 g/mol. The Morgan fingerprint density at radius 1 is 1.39 bits per heavy atom. The molecule has 2 N–H and O–H groups in total. The molecule has 0 radical (unpaired) electrons. The van der Waals surface area contributed by atoms with Gasteiger partial charge in [-0.1, -0.05) is 17.9 Å². The fraction of sp³-hybridized carbons (Fsp3) is 0.133. The predicted octanol–water partition coefficient (Wildman–Crippen LogP) is 2.12. The maximum Gasteiger partial charge on any atom is 0.307 e. The second-order valence-corrected chi connectivity index (χ2v) is 5.49. The van der Waals surface area contributed by atoms with Crippen LogP contribution in [0.25, 0.3) is 0 Å². The van der Waals surface area contributed by atoms with Crippen LogP contribution in [0, 0.1) is 12.7 Å². The molecule has 2 aromatic rings. The maximum absolute atomic E-state index is 13.6. The van der Waals surface area contributed by atoms with Crippen LogP contribution >= 0.6 is 11.3 Å². The molecule has 0 unspecified atom stereocenters. The van der Waals surface area contributed by atoms with Crippen LogP contribution in [0.4, 0.5) is 15.8 Å². The topological polar surface area (TPSA) is 80.2 Å². The van der Waals surface area contributed by atoms with E-state index in [1.54, 1.807) is 12.3 Å². The Bertz CT molecular complexity index is 826. The Morgan fingerprint density at radius 3 is 2.74 bits per heavy atom. The van der Waals surface area contributed by atoms with Gasteiger partial charge in [-0.2, -0.15) is 0 Å². The minimum absolute atomic E-state index is 0.0726. The van der Waals surface area contributed by atoms with Crippen molar-refractivity contribution in [2.45, 2.75) is 13.5 Å². The summed E-state index contributed by atoms with van der Waals surface area (Å²) in [6.07, 6.45) is 1.01. The highest BCUT2D eigenvalue weighted by atomic mass is 32.1. The summed E-state index contributed by atoms with van der Waals surface area (Å²) in [4.78, 5) is 34.6. The number of rotatable bonds is 5. The first-order chi connectivity index (χ1) is 10.9. The van der Waals surface area contributed by atoms with Crippen LogP contribution in [0.3, 0.4) is 0 Å². The molecule has 6 nitrogen and oxygen atoms in total. The molecule has 8 heteroatoms. The number of carbonyl (C=O) groups is 2. The summed E-state index contributed by atoms with van der Waals surface area (Å²) >= 11 is 1.01. The molecule has 120 valence electrons. The third-order valence-corrected chi connectivity index (χ3v) is 3.85. The van der Waals surface area contributed by atoms with Crippen molar-refractivity contribution < 1.29 is 14.0 Å². The summed E-state index contributed by atoms with van der Waals surface area (Å²) < 4.78 is 14.9. The molecule has 23 heavy (non-hydrogen) atoms. The number of benzene rings is 1. The van der Waals surface area contributed by atoms with Crippen LogP contribution in [0.5, 0.6) is 0 Å². The van der Waals surface area contributed by atoms with E-state index in [1.807, 2.05) is 0 Å². The number of nitrogens with zero attached hydrogens (tertiary/aromatic N) is 1. The average molecular weight is 335 g/mol. The van der Waals surface area contributed by atoms with E-state index in [1.165, 1.54) is 16.7 Å². The Morgan fingerprint density at radius 2 is 2.13 bits per heavy atom. The smallest absolute Gasteiger partial charge is 0.307 e. The molecule has 2 rings (SSSR count). The SMILES string of the molecule is C=CC(=O)Nc1cc(NC(=O)Cn2c(C)csc2=O)ccc1F. The number of thiazole rings is 1. The first kappa shape index (κ1) is 16.6. The Balaban J connectivity index is 2.12. The molecular formula is C15H14FN3O3S. The van der Waals surface area contributed by atoms with Crippen LogP contribution in [0.1, 0.15) is 5.69 Å². The van der Waals surface area contributed by atoms with E-state index in [2.05, 4.69) is 17.2 Å². The summed E-state index contributed by atoms with van der Waals surface area (Å²) in [7, 11) is 0. The van der Waals surface area contributed by atoms with Gasteiger partial charge in [-0.15, -0.1) is 0 Å². The van der Waals surface area contributed by atoms with Gasteiger partial charge in [-0.3, -0.25) is 19.0 Å². The lowest BCUT2D eigenvalue weighted by atomic mass is 10.2.